The van der Waals surface area contributed by atoms with Crippen LogP contribution in [0.5, 0.6) is 0 Å². The van der Waals surface area contributed by atoms with Crippen molar-refractivity contribution >= 4 is 26.0 Å². The van der Waals surface area contributed by atoms with Crippen LogP contribution in [0.3, 0.4) is 0 Å². The fourth-order valence-electron chi connectivity index (χ4n) is 1.54. The predicted molar refractivity (Wildman–Crippen MR) is 74.9 cm³/mol. The molecule has 0 fully saturated rings. The number of halogens is 1. The van der Waals surface area contributed by atoms with Gasteiger partial charge in [0.05, 0.1) is 11.5 Å². The third-order valence-corrected chi connectivity index (χ3v) is 5.06. The molecule has 1 aromatic carbocycles. The largest absolute Gasteiger partial charge is 0.392 e. The van der Waals surface area contributed by atoms with Gasteiger partial charge in [-0.1, -0.05) is 29.3 Å². The Morgan fingerprint density at radius 1 is 1.39 bits per heavy atom. The van der Waals surface area contributed by atoms with E-state index in [4.69, 9.17) is 5.11 Å². The molecule has 0 spiro atoms. The van der Waals surface area contributed by atoms with Crippen LogP contribution in [0.25, 0.3) is 0 Å². The Labute approximate surface area is 117 Å². The average Bonchev–Trinajstić information content (AvgIpc) is 2.32. The number of benzene rings is 1. The van der Waals surface area contributed by atoms with Gasteiger partial charge in [-0.3, -0.25) is 0 Å². The number of sulfonamides is 1. The van der Waals surface area contributed by atoms with Gasteiger partial charge < -0.3 is 5.11 Å². The van der Waals surface area contributed by atoms with E-state index in [1.54, 1.807) is 13.0 Å². The van der Waals surface area contributed by atoms with Crippen molar-refractivity contribution in [2.75, 3.05) is 6.54 Å². The van der Waals surface area contributed by atoms with Crippen LogP contribution in [0.2, 0.25) is 0 Å². The van der Waals surface area contributed by atoms with Gasteiger partial charge in [-0.15, -0.1) is 0 Å². The number of aliphatic hydroxyl groups is 1. The number of rotatable bonds is 6. The van der Waals surface area contributed by atoms with Gasteiger partial charge in [-0.05, 0) is 36.6 Å². The van der Waals surface area contributed by atoms with Gasteiger partial charge in [-0.2, -0.15) is 0 Å². The molecule has 0 bridgehead atoms. The van der Waals surface area contributed by atoms with Gasteiger partial charge in [0.2, 0.25) is 10.0 Å². The molecular weight excluding hydrogens is 318 g/mol. The van der Waals surface area contributed by atoms with Gasteiger partial charge >= 0.3 is 0 Å². The molecule has 1 aromatic rings. The molecule has 0 aromatic heterocycles. The van der Waals surface area contributed by atoms with Crippen molar-refractivity contribution in [3.8, 4) is 0 Å². The molecule has 18 heavy (non-hydrogen) atoms. The maximum absolute atomic E-state index is 12.1. The summed E-state index contributed by atoms with van der Waals surface area (Å²) in [5.41, 5.74) is 1.22. The lowest BCUT2D eigenvalue weighted by molar-refractivity contribution is 0.281. The summed E-state index contributed by atoms with van der Waals surface area (Å²) in [6, 6.07) is 3.23. The van der Waals surface area contributed by atoms with Crippen LogP contribution in [0.15, 0.2) is 21.5 Å². The van der Waals surface area contributed by atoms with Gasteiger partial charge in [0.25, 0.3) is 0 Å². The molecule has 0 amide bonds. The standard InChI is InChI=1S/C12H18BrNO3S/c1-3-4-5-14-18(16,17)12-7-10(8-15)6-11(13)9(12)2/h6-7,14-15H,3-5,8H2,1-2H3. The molecule has 6 heteroatoms. The van der Waals surface area contributed by atoms with E-state index in [9.17, 15) is 8.42 Å². The summed E-state index contributed by atoms with van der Waals surface area (Å²) in [7, 11) is -3.51. The van der Waals surface area contributed by atoms with E-state index in [1.165, 1.54) is 6.07 Å². The summed E-state index contributed by atoms with van der Waals surface area (Å²) in [6.07, 6.45) is 1.74. The molecule has 0 saturated carbocycles. The number of hydrogen-bond acceptors (Lipinski definition) is 3. The number of hydrogen-bond donors (Lipinski definition) is 2. The fraction of sp³-hybridized carbons (Fsp3) is 0.500. The van der Waals surface area contributed by atoms with E-state index in [1.807, 2.05) is 6.92 Å². The molecule has 0 aliphatic heterocycles. The van der Waals surface area contributed by atoms with Gasteiger partial charge in [0.1, 0.15) is 0 Å². The Morgan fingerprint density at radius 3 is 2.61 bits per heavy atom. The van der Waals surface area contributed by atoms with Gasteiger partial charge in [-0.25, -0.2) is 13.1 Å². The first-order valence-electron chi connectivity index (χ1n) is 5.82. The normalized spacial score (nSPS) is 11.8. The molecule has 1 rings (SSSR count). The second-order valence-corrected chi connectivity index (χ2v) is 6.70. The number of aliphatic hydroxyl groups excluding tert-OH is 1. The van der Waals surface area contributed by atoms with E-state index in [0.717, 1.165) is 12.8 Å². The lowest BCUT2D eigenvalue weighted by Crippen LogP contribution is -2.25. The summed E-state index contributed by atoms with van der Waals surface area (Å²) in [5.74, 6) is 0. The average molecular weight is 336 g/mol. The zero-order valence-electron chi connectivity index (χ0n) is 10.5. The topological polar surface area (TPSA) is 66.4 Å². The number of unbranched alkanes of at least 4 members (excludes halogenated alkanes) is 1. The zero-order chi connectivity index (χ0) is 13.8. The summed E-state index contributed by atoms with van der Waals surface area (Å²) in [6.45, 7) is 3.98. The maximum Gasteiger partial charge on any atom is 0.240 e. The van der Waals surface area contributed by atoms with Crippen LogP contribution in [-0.4, -0.2) is 20.1 Å². The second kappa shape index (κ2) is 6.65. The fourth-order valence-corrected chi connectivity index (χ4v) is 3.57. The first-order chi connectivity index (χ1) is 8.42. The van der Waals surface area contributed by atoms with Crippen LogP contribution in [0.1, 0.15) is 30.9 Å². The lowest BCUT2D eigenvalue weighted by Gasteiger charge is -2.12. The van der Waals surface area contributed by atoms with Crippen molar-refractivity contribution in [1.82, 2.24) is 4.72 Å². The van der Waals surface area contributed by atoms with Crippen molar-refractivity contribution in [2.24, 2.45) is 0 Å². The Balaban J connectivity index is 3.11. The van der Waals surface area contributed by atoms with Crippen molar-refractivity contribution < 1.29 is 13.5 Å². The summed E-state index contributed by atoms with van der Waals surface area (Å²) in [4.78, 5) is 0.219. The molecule has 0 aliphatic rings. The van der Waals surface area contributed by atoms with E-state index in [-0.39, 0.29) is 11.5 Å². The summed E-state index contributed by atoms with van der Waals surface area (Å²) < 4.78 is 27.5. The molecule has 0 aliphatic carbocycles. The van der Waals surface area contributed by atoms with E-state index in [0.29, 0.717) is 22.1 Å². The maximum atomic E-state index is 12.1. The van der Waals surface area contributed by atoms with Crippen LogP contribution in [0, 0.1) is 6.92 Å². The van der Waals surface area contributed by atoms with Crippen LogP contribution in [-0.2, 0) is 16.6 Å². The molecule has 4 nitrogen and oxygen atoms in total. The first kappa shape index (κ1) is 15.6. The summed E-state index contributed by atoms with van der Waals surface area (Å²) >= 11 is 3.31. The molecule has 0 radical (unpaired) electrons. The first-order valence-corrected chi connectivity index (χ1v) is 8.09. The highest BCUT2D eigenvalue weighted by atomic mass is 79.9. The van der Waals surface area contributed by atoms with Crippen LogP contribution >= 0.6 is 15.9 Å². The van der Waals surface area contributed by atoms with E-state index < -0.39 is 10.0 Å². The Hall–Kier alpha value is -0.430. The monoisotopic (exact) mass is 335 g/mol. The minimum atomic E-state index is -3.51. The third kappa shape index (κ3) is 3.78. The van der Waals surface area contributed by atoms with Crippen molar-refractivity contribution in [1.29, 1.82) is 0 Å². The molecular formula is C12H18BrNO3S. The minimum Gasteiger partial charge on any atom is -0.392 e. The quantitative estimate of drug-likeness (QED) is 0.784. The highest BCUT2D eigenvalue weighted by Crippen LogP contribution is 2.25. The smallest absolute Gasteiger partial charge is 0.240 e. The minimum absolute atomic E-state index is 0.184. The molecule has 0 heterocycles. The molecule has 2 N–H and O–H groups in total. The van der Waals surface area contributed by atoms with Crippen LogP contribution in [0.4, 0.5) is 0 Å². The van der Waals surface area contributed by atoms with Crippen molar-refractivity contribution in [3.05, 3.63) is 27.7 Å². The number of nitrogens with one attached hydrogen (secondary N) is 1. The van der Waals surface area contributed by atoms with Crippen molar-refractivity contribution in [3.63, 3.8) is 0 Å². The lowest BCUT2D eigenvalue weighted by atomic mass is 10.2. The zero-order valence-corrected chi connectivity index (χ0v) is 12.9. The third-order valence-electron chi connectivity index (χ3n) is 2.65. The van der Waals surface area contributed by atoms with E-state index >= 15 is 0 Å². The Bertz CT molecular complexity index is 514. The molecule has 0 atom stereocenters. The Kier molecular flexibility index (Phi) is 5.78. The van der Waals surface area contributed by atoms with Crippen LogP contribution < -0.4 is 4.72 Å². The van der Waals surface area contributed by atoms with Crippen molar-refractivity contribution in [2.45, 2.75) is 38.2 Å². The molecule has 102 valence electrons. The predicted octanol–water partition coefficient (Wildman–Crippen LogP) is 2.33. The molecule has 0 saturated heterocycles. The van der Waals surface area contributed by atoms with E-state index in [2.05, 4.69) is 20.7 Å². The Morgan fingerprint density at radius 2 is 2.06 bits per heavy atom. The highest BCUT2D eigenvalue weighted by molar-refractivity contribution is 9.10. The summed E-state index contributed by atoms with van der Waals surface area (Å²) in [5, 5.41) is 9.12. The van der Waals surface area contributed by atoms with Gasteiger partial charge in [0.15, 0.2) is 0 Å². The SMILES string of the molecule is CCCCNS(=O)(=O)c1cc(CO)cc(Br)c1C. The molecule has 0 unspecified atom stereocenters. The second-order valence-electron chi connectivity index (χ2n) is 4.11. The van der Waals surface area contributed by atoms with Gasteiger partial charge in [0, 0.05) is 11.0 Å². The highest BCUT2D eigenvalue weighted by Gasteiger charge is 2.18.